The molecule has 2 aliphatic carbocycles. The Balaban J connectivity index is 1.24. The Labute approximate surface area is 185 Å². The highest BCUT2D eigenvalue weighted by Gasteiger charge is 2.36. The van der Waals surface area contributed by atoms with E-state index in [1.807, 2.05) is 0 Å². The van der Waals surface area contributed by atoms with E-state index in [-0.39, 0.29) is 30.4 Å². The van der Waals surface area contributed by atoms with Crippen LogP contribution in [0.3, 0.4) is 0 Å². The lowest BCUT2D eigenvalue weighted by atomic mass is 9.97. The molecule has 2 atom stereocenters. The van der Waals surface area contributed by atoms with Crippen LogP contribution in [0.4, 0.5) is 5.69 Å². The summed E-state index contributed by atoms with van der Waals surface area (Å²) < 4.78 is 11.5. The van der Waals surface area contributed by atoms with Crippen molar-refractivity contribution in [2.24, 2.45) is 5.92 Å². The summed E-state index contributed by atoms with van der Waals surface area (Å²) in [7, 11) is 0. The number of ketones is 1. The lowest BCUT2D eigenvalue weighted by Gasteiger charge is -2.18. The van der Waals surface area contributed by atoms with Crippen LogP contribution in [0.2, 0.25) is 0 Å². The maximum absolute atomic E-state index is 12.9. The van der Waals surface area contributed by atoms with Crippen LogP contribution >= 0.6 is 0 Å². The second kappa shape index (κ2) is 8.26. The number of aromatic nitrogens is 1. The standard InChI is InChI=1S/C24H24N2O6/c27-20-9-15(10-23(28)29)18-5-3-16(11-19(18)20)26-8-7-21(24(26)30)32-17-4-6-22(25-12-17)31-13-14-1-2-14/h3-6,11-12,14-15,21H,1-2,7-10,13H2,(H,28,29). The Bertz CT molecular complexity index is 1060. The fourth-order valence-corrected chi connectivity index (χ4v) is 4.34. The number of ether oxygens (including phenoxy) is 2. The van der Waals surface area contributed by atoms with Crippen LogP contribution in [0, 0.1) is 5.92 Å². The van der Waals surface area contributed by atoms with Crippen LogP contribution in [-0.4, -0.2) is 47.0 Å². The molecule has 8 nitrogen and oxygen atoms in total. The molecule has 0 bridgehead atoms. The molecule has 1 aromatic heterocycles. The second-order valence-corrected chi connectivity index (χ2v) is 8.67. The Morgan fingerprint density at radius 1 is 1.16 bits per heavy atom. The van der Waals surface area contributed by atoms with Crippen LogP contribution in [0.1, 0.15) is 53.9 Å². The SMILES string of the molecule is O=C(O)CC1CC(=O)c2cc(N3CCC(Oc4ccc(OCC5CC5)nc4)C3=O)ccc21. The summed E-state index contributed by atoms with van der Waals surface area (Å²) in [6, 6.07) is 8.75. The van der Waals surface area contributed by atoms with Crippen LogP contribution in [0.15, 0.2) is 36.5 Å². The van der Waals surface area contributed by atoms with E-state index in [0.29, 0.717) is 48.4 Å². The molecule has 2 unspecified atom stereocenters. The zero-order chi connectivity index (χ0) is 22.2. The van der Waals surface area contributed by atoms with Gasteiger partial charge < -0.3 is 19.5 Å². The number of hydrogen-bond acceptors (Lipinski definition) is 6. The van der Waals surface area contributed by atoms with Crippen molar-refractivity contribution >= 4 is 23.3 Å². The molecule has 2 fully saturated rings. The summed E-state index contributed by atoms with van der Waals surface area (Å²) in [4.78, 5) is 42.3. The molecule has 3 aliphatic rings. The van der Waals surface area contributed by atoms with Crippen LogP contribution < -0.4 is 14.4 Å². The number of pyridine rings is 1. The molecular weight excluding hydrogens is 412 g/mol. The number of nitrogens with zero attached hydrogens (tertiary/aromatic N) is 2. The number of rotatable bonds is 8. The minimum absolute atomic E-state index is 0.0743. The van der Waals surface area contributed by atoms with E-state index >= 15 is 0 Å². The lowest BCUT2D eigenvalue weighted by Crippen LogP contribution is -2.32. The molecule has 1 aliphatic heterocycles. The summed E-state index contributed by atoms with van der Waals surface area (Å²) in [5.74, 6) is 0.211. The summed E-state index contributed by atoms with van der Waals surface area (Å²) in [5, 5.41) is 9.07. The Morgan fingerprint density at radius 2 is 2.00 bits per heavy atom. The highest BCUT2D eigenvalue weighted by Crippen LogP contribution is 2.38. The van der Waals surface area contributed by atoms with Crippen LogP contribution in [0.5, 0.6) is 11.6 Å². The Hall–Kier alpha value is -3.42. The number of hydrogen-bond donors (Lipinski definition) is 1. The number of benzene rings is 1. The fourth-order valence-electron chi connectivity index (χ4n) is 4.34. The zero-order valence-electron chi connectivity index (χ0n) is 17.5. The van der Waals surface area contributed by atoms with Crippen molar-refractivity contribution in [2.75, 3.05) is 18.1 Å². The van der Waals surface area contributed by atoms with Crippen molar-refractivity contribution in [3.63, 3.8) is 0 Å². The normalized spacial score (nSPS) is 22.2. The van der Waals surface area contributed by atoms with Crippen molar-refractivity contribution in [3.8, 4) is 11.6 Å². The summed E-state index contributed by atoms with van der Waals surface area (Å²) in [6.45, 7) is 1.16. The van der Waals surface area contributed by atoms with Gasteiger partial charge in [0.2, 0.25) is 5.88 Å². The molecule has 1 saturated heterocycles. The van der Waals surface area contributed by atoms with Gasteiger partial charge in [-0.05, 0) is 42.5 Å². The van der Waals surface area contributed by atoms with Gasteiger partial charge in [0.1, 0.15) is 5.75 Å². The van der Waals surface area contributed by atoms with Gasteiger partial charge in [-0.15, -0.1) is 0 Å². The molecule has 1 saturated carbocycles. The van der Waals surface area contributed by atoms with Crippen molar-refractivity contribution in [1.82, 2.24) is 4.98 Å². The third-order valence-corrected chi connectivity index (χ3v) is 6.25. The van der Waals surface area contributed by atoms with Crippen LogP contribution in [0.25, 0.3) is 0 Å². The van der Waals surface area contributed by atoms with E-state index in [4.69, 9.17) is 14.6 Å². The third kappa shape index (κ3) is 4.17. The lowest BCUT2D eigenvalue weighted by molar-refractivity contribution is -0.137. The quantitative estimate of drug-likeness (QED) is 0.677. The minimum Gasteiger partial charge on any atom is -0.481 e. The van der Waals surface area contributed by atoms with Gasteiger partial charge in [-0.1, -0.05) is 6.07 Å². The fraction of sp³-hybridized carbons (Fsp3) is 0.417. The molecule has 1 N–H and O–H groups in total. The molecule has 5 rings (SSSR count). The van der Waals surface area contributed by atoms with Crippen molar-refractivity contribution in [3.05, 3.63) is 47.7 Å². The monoisotopic (exact) mass is 436 g/mol. The van der Waals surface area contributed by atoms with Crippen molar-refractivity contribution in [2.45, 2.75) is 44.1 Å². The Kier molecular flexibility index (Phi) is 5.28. The first-order valence-corrected chi connectivity index (χ1v) is 10.9. The first kappa shape index (κ1) is 20.5. The van der Waals surface area contributed by atoms with Gasteiger partial charge in [0.05, 0.1) is 19.2 Å². The summed E-state index contributed by atoms with van der Waals surface area (Å²) >= 11 is 0. The van der Waals surface area contributed by atoms with Crippen molar-refractivity contribution in [1.29, 1.82) is 0 Å². The van der Waals surface area contributed by atoms with Crippen LogP contribution in [-0.2, 0) is 9.59 Å². The number of fused-ring (bicyclic) bond motifs is 1. The molecule has 1 amide bonds. The van der Waals surface area contributed by atoms with Gasteiger partial charge in [0, 0.05) is 42.6 Å². The van der Waals surface area contributed by atoms with E-state index in [1.165, 1.54) is 12.8 Å². The average molecular weight is 436 g/mol. The Morgan fingerprint density at radius 3 is 2.72 bits per heavy atom. The first-order chi connectivity index (χ1) is 15.5. The second-order valence-electron chi connectivity index (χ2n) is 8.67. The van der Waals surface area contributed by atoms with Gasteiger partial charge >= 0.3 is 5.97 Å². The van der Waals surface area contributed by atoms with Gasteiger partial charge in [-0.2, -0.15) is 0 Å². The summed E-state index contributed by atoms with van der Waals surface area (Å²) in [5.41, 5.74) is 1.89. The highest BCUT2D eigenvalue weighted by atomic mass is 16.5. The van der Waals surface area contributed by atoms with E-state index < -0.39 is 12.1 Å². The zero-order valence-corrected chi connectivity index (χ0v) is 17.5. The number of carbonyl (C=O) groups is 3. The average Bonchev–Trinajstić information content (AvgIpc) is 3.48. The number of Topliss-reactive ketones (excluding diaryl/α,β-unsaturated/α-hetero) is 1. The highest BCUT2D eigenvalue weighted by molar-refractivity contribution is 6.04. The number of anilines is 1. The third-order valence-electron chi connectivity index (χ3n) is 6.25. The summed E-state index contributed by atoms with van der Waals surface area (Å²) in [6.07, 6.45) is 4.00. The number of amides is 1. The van der Waals surface area contributed by atoms with E-state index in [1.54, 1.807) is 41.4 Å². The number of carbonyl (C=O) groups excluding carboxylic acids is 2. The molecule has 0 radical (unpaired) electrons. The molecule has 2 heterocycles. The largest absolute Gasteiger partial charge is 0.481 e. The molecule has 2 aromatic rings. The van der Waals surface area contributed by atoms with E-state index in [2.05, 4.69) is 4.98 Å². The number of carboxylic acid groups (broad SMARTS) is 1. The van der Waals surface area contributed by atoms with Gasteiger partial charge in [0.15, 0.2) is 11.9 Å². The number of carboxylic acids is 1. The van der Waals surface area contributed by atoms with Gasteiger partial charge in [-0.25, -0.2) is 4.98 Å². The van der Waals surface area contributed by atoms with Crippen molar-refractivity contribution < 1.29 is 29.0 Å². The molecule has 0 spiro atoms. The predicted molar refractivity (Wildman–Crippen MR) is 114 cm³/mol. The molecule has 166 valence electrons. The minimum atomic E-state index is -0.925. The molecular formula is C24H24N2O6. The van der Waals surface area contributed by atoms with Gasteiger partial charge in [-0.3, -0.25) is 14.4 Å². The molecule has 8 heteroatoms. The maximum Gasteiger partial charge on any atom is 0.303 e. The topological polar surface area (TPSA) is 106 Å². The van der Waals surface area contributed by atoms with E-state index in [0.717, 1.165) is 5.56 Å². The molecule has 1 aromatic carbocycles. The first-order valence-electron chi connectivity index (χ1n) is 10.9. The maximum atomic E-state index is 12.9. The predicted octanol–water partition coefficient (Wildman–Crippen LogP) is 3.20. The number of aliphatic carboxylic acids is 1. The van der Waals surface area contributed by atoms with E-state index in [9.17, 15) is 14.4 Å². The van der Waals surface area contributed by atoms with Gasteiger partial charge in [0.25, 0.3) is 5.91 Å². The smallest absolute Gasteiger partial charge is 0.303 e. The molecule has 32 heavy (non-hydrogen) atoms.